The molecule has 20 heavy (non-hydrogen) atoms. The number of aryl methyl sites for hydroxylation is 1. The third kappa shape index (κ3) is 4.52. The smallest absolute Gasteiger partial charge is 0.0994 e. The lowest BCUT2D eigenvalue weighted by molar-refractivity contribution is 0.0329. The van der Waals surface area contributed by atoms with Crippen LogP contribution < -0.4 is 10.6 Å². The molecule has 0 atom stereocenters. The topological polar surface area (TPSA) is 57.1 Å². The Morgan fingerprint density at radius 3 is 2.90 bits per heavy atom. The molecule has 0 aromatic heterocycles. The summed E-state index contributed by atoms with van der Waals surface area (Å²) in [7, 11) is 0. The monoisotopic (exact) mass is 273 g/mol. The van der Waals surface area contributed by atoms with Crippen molar-refractivity contribution in [2.45, 2.75) is 32.3 Å². The summed E-state index contributed by atoms with van der Waals surface area (Å²) in [5.74, 6) is 0. The highest BCUT2D eigenvalue weighted by molar-refractivity contribution is 5.51. The molecule has 1 heterocycles. The van der Waals surface area contributed by atoms with E-state index < -0.39 is 0 Å². The molecule has 0 unspecified atom stereocenters. The second-order valence-electron chi connectivity index (χ2n) is 5.24. The second-order valence-corrected chi connectivity index (χ2v) is 5.24. The summed E-state index contributed by atoms with van der Waals surface area (Å²) in [6.07, 6.45) is 3.70. The summed E-state index contributed by atoms with van der Waals surface area (Å²) >= 11 is 0. The van der Waals surface area contributed by atoms with Crippen LogP contribution >= 0.6 is 0 Å². The number of hydrogen-bond acceptors (Lipinski definition) is 4. The fourth-order valence-corrected chi connectivity index (χ4v) is 2.42. The first-order valence-electron chi connectivity index (χ1n) is 7.36. The minimum Gasteiger partial charge on any atom is -0.385 e. The first-order chi connectivity index (χ1) is 9.79. The maximum absolute atomic E-state index is 8.89. The van der Waals surface area contributed by atoms with Crippen LogP contribution in [0.15, 0.2) is 18.2 Å². The molecule has 4 nitrogen and oxygen atoms in total. The van der Waals surface area contributed by atoms with Gasteiger partial charge in [0.25, 0.3) is 0 Å². The molecule has 0 spiro atoms. The molecule has 4 heteroatoms. The van der Waals surface area contributed by atoms with Gasteiger partial charge in [0, 0.05) is 18.8 Å². The van der Waals surface area contributed by atoms with Gasteiger partial charge in [-0.25, -0.2) is 0 Å². The Morgan fingerprint density at radius 1 is 1.40 bits per heavy atom. The van der Waals surface area contributed by atoms with Gasteiger partial charge < -0.3 is 15.4 Å². The number of hydrogen-bond donors (Lipinski definition) is 2. The molecule has 1 aliphatic rings. The number of benzene rings is 1. The number of rotatable bonds is 6. The Balaban J connectivity index is 1.63. The Bertz CT molecular complexity index is 461. The number of anilines is 1. The van der Waals surface area contributed by atoms with Crippen LogP contribution in [0, 0.1) is 18.3 Å². The quantitative estimate of drug-likeness (QED) is 0.782. The van der Waals surface area contributed by atoms with Gasteiger partial charge in [-0.05, 0) is 63.0 Å². The van der Waals surface area contributed by atoms with Gasteiger partial charge in [-0.3, -0.25) is 0 Å². The van der Waals surface area contributed by atoms with E-state index in [0.29, 0.717) is 6.10 Å². The SMILES string of the molecule is Cc1cc(NCCCOC2CCNCC2)ccc1C#N. The normalized spacial score (nSPS) is 15.8. The zero-order valence-corrected chi connectivity index (χ0v) is 12.1. The van der Waals surface area contributed by atoms with Crippen molar-refractivity contribution >= 4 is 5.69 Å². The van der Waals surface area contributed by atoms with E-state index in [1.165, 1.54) is 0 Å². The van der Waals surface area contributed by atoms with E-state index in [0.717, 1.165) is 62.3 Å². The summed E-state index contributed by atoms with van der Waals surface area (Å²) in [5, 5.41) is 15.6. The number of nitriles is 1. The molecule has 1 saturated heterocycles. The number of piperidine rings is 1. The van der Waals surface area contributed by atoms with Crippen molar-refractivity contribution < 1.29 is 4.74 Å². The van der Waals surface area contributed by atoms with Gasteiger partial charge in [0.15, 0.2) is 0 Å². The second kappa shape index (κ2) is 7.88. The summed E-state index contributed by atoms with van der Waals surface area (Å²) in [5.41, 5.74) is 2.83. The summed E-state index contributed by atoms with van der Waals surface area (Å²) in [6.45, 7) is 5.83. The molecular formula is C16H23N3O. The first kappa shape index (κ1) is 14.8. The van der Waals surface area contributed by atoms with Crippen molar-refractivity contribution in [1.82, 2.24) is 5.32 Å². The standard InChI is InChI=1S/C16H23N3O/c1-13-11-15(4-3-14(13)12-17)19-7-2-10-20-16-5-8-18-9-6-16/h3-4,11,16,18-19H,2,5-10H2,1H3. The predicted molar refractivity (Wildman–Crippen MR) is 80.8 cm³/mol. The molecule has 1 aromatic rings. The molecular weight excluding hydrogens is 250 g/mol. The van der Waals surface area contributed by atoms with E-state index in [-0.39, 0.29) is 0 Å². The van der Waals surface area contributed by atoms with E-state index >= 15 is 0 Å². The van der Waals surface area contributed by atoms with Gasteiger partial charge in [-0.2, -0.15) is 5.26 Å². The van der Waals surface area contributed by atoms with Crippen LogP contribution in [0.2, 0.25) is 0 Å². The molecule has 2 N–H and O–H groups in total. The Morgan fingerprint density at radius 2 is 2.20 bits per heavy atom. The highest BCUT2D eigenvalue weighted by Crippen LogP contribution is 2.14. The molecule has 0 radical (unpaired) electrons. The minimum atomic E-state index is 0.438. The number of ether oxygens (including phenoxy) is 1. The van der Waals surface area contributed by atoms with Crippen LogP contribution in [0.1, 0.15) is 30.4 Å². The lowest BCUT2D eigenvalue weighted by Gasteiger charge is -2.22. The predicted octanol–water partition coefficient (Wildman–Crippen LogP) is 2.44. The maximum Gasteiger partial charge on any atom is 0.0994 e. The average Bonchev–Trinajstić information content (AvgIpc) is 2.48. The fraction of sp³-hybridized carbons (Fsp3) is 0.562. The third-order valence-electron chi connectivity index (χ3n) is 3.64. The number of nitrogens with one attached hydrogen (secondary N) is 2. The van der Waals surface area contributed by atoms with Crippen molar-refractivity contribution in [1.29, 1.82) is 5.26 Å². The fourth-order valence-electron chi connectivity index (χ4n) is 2.42. The molecule has 1 aromatic carbocycles. The van der Waals surface area contributed by atoms with Gasteiger partial charge in [0.05, 0.1) is 17.7 Å². The maximum atomic E-state index is 8.89. The lowest BCUT2D eigenvalue weighted by atomic mass is 10.1. The van der Waals surface area contributed by atoms with E-state index in [1.54, 1.807) is 0 Å². The van der Waals surface area contributed by atoms with E-state index in [4.69, 9.17) is 10.00 Å². The van der Waals surface area contributed by atoms with E-state index in [1.807, 2.05) is 25.1 Å². The average molecular weight is 273 g/mol. The Kier molecular flexibility index (Phi) is 5.85. The summed E-state index contributed by atoms with van der Waals surface area (Å²) < 4.78 is 5.86. The van der Waals surface area contributed by atoms with Gasteiger partial charge in [0.2, 0.25) is 0 Å². The van der Waals surface area contributed by atoms with Gasteiger partial charge >= 0.3 is 0 Å². The van der Waals surface area contributed by atoms with Crippen LogP contribution in [-0.2, 0) is 4.74 Å². The Hall–Kier alpha value is -1.57. The van der Waals surface area contributed by atoms with Crippen molar-refractivity contribution in [2.24, 2.45) is 0 Å². The largest absolute Gasteiger partial charge is 0.385 e. The molecule has 1 fully saturated rings. The minimum absolute atomic E-state index is 0.438. The molecule has 108 valence electrons. The first-order valence-corrected chi connectivity index (χ1v) is 7.36. The van der Waals surface area contributed by atoms with Crippen molar-refractivity contribution in [3.63, 3.8) is 0 Å². The van der Waals surface area contributed by atoms with E-state index in [2.05, 4.69) is 16.7 Å². The van der Waals surface area contributed by atoms with Crippen LogP contribution in [0.5, 0.6) is 0 Å². The van der Waals surface area contributed by atoms with Crippen molar-refractivity contribution in [3.8, 4) is 6.07 Å². The van der Waals surface area contributed by atoms with Crippen LogP contribution in [0.25, 0.3) is 0 Å². The van der Waals surface area contributed by atoms with Gasteiger partial charge in [-0.1, -0.05) is 0 Å². The van der Waals surface area contributed by atoms with Crippen LogP contribution in [-0.4, -0.2) is 32.3 Å². The van der Waals surface area contributed by atoms with Gasteiger partial charge in [-0.15, -0.1) is 0 Å². The zero-order chi connectivity index (χ0) is 14.2. The van der Waals surface area contributed by atoms with E-state index in [9.17, 15) is 0 Å². The lowest BCUT2D eigenvalue weighted by Crippen LogP contribution is -2.32. The van der Waals surface area contributed by atoms with Crippen LogP contribution in [0.3, 0.4) is 0 Å². The van der Waals surface area contributed by atoms with Gasteiger partial charge in [0.1, 0.15) is 0 Å². The van der Waals surface area contributed by atoms with Crippen molar-refractivity contribution in [3.05, 3.63) is 29.3 Å². The molecule has 2 rings (SSSR count). The zero-order valence-electron chi connectivity index (χ0n) is 12.1. The summed E-state index contributed by atoms with van der Waals surface area (Å²) in [4.78, 5) is 0. The Labute approximate surface area is 121 Å². The number of nitrogens with zero attached hydrogens (tertiary/aromatic N) is 1. The molecule has 0 amide bonds. The van der Waals surface area contributed by atoms with Crippen molar-refractivity contribution in [2.75, 3.05) is 31.6 Å². The summed E-state index contributed by atoms with van der Waals surface area (Å²) in [6, 6.07) is 8.02. The molecule has 0 saturated carbocycles. The molecule has 0 aliphatic carbocycles. The third-order valence-corrected chi connectivity index (χ3v) is 3.64. The highest BCUT2D eigenvalue weighted by atomic mass is 16.5. The highest BCUT2D eigenvalue weighted by Gasteiger charge is 2.12. The van der Waals surface area contributed by atoms with Crippen LogP contribution in [0.4, 0.5) is 5.69 Å². The molecule has 0 bridgehead atoms. The molecule has 1 aliphatic heterocycles.